The Morgan fingerprint density at radius 2 is 1.46 bits per heavy atom. The van der Waals surface area contributed by atoms with Crippen molar-refractivity contribution >= 4 is 23.1 Å². The van der Waals surface area contributed by atoms with Crippen molar-refractivity contribution in [1.82, 2.24) is 0 Å². The first kappa shape index (κ1) is 20.0. The monoisotopic (exact) mass is 393 g/mol. The van der Waals surface area contributed by atoms with Crippen molar-refractivity contribution in [1.29, 1.82) is 0 Å². The van der Waals surface area contributed by atoms with E-state index in [9.17, 15) is 18.0 Å². The SMILES string of the molecule is COC1CCN(c2ccc(NC(=O)Nc3ccc(C(F)(F)F)cc3)cc2)CC1. The zero-order valence-electron chi connectivity index (χ0n) is 15.4. The highest BCUT2D eigenvalue weighted by Crippen LogP contribution is 2.30. The van der Waals surface area contributed by atoms with E-state index >= 15 is 0 Å². The van der Waals surface area contributed by atoms with E-state index in [4.69, 9.17) is 4.74 Å². The van der Waals surface area contributed by atoms with Crippen LogP contribution >= 0.6 is 0 Å². The predicted molar refractivity (Wildman–Crippen MR) is 103 cm³/mol. The molecule has 2 aromatic carbocycles. The molecule has 3 rings (SSSR count). The van der Waals surface area contributed by atoms with E-state index in [0.717, 1.165) is 43.8 Å². The summed E-state index contributed by atoms with van der Waals surface area (Å²) in [6.07, 6.45) is -2.13. The molecular formula is C20H22F3N3O2. The van der Waals surface area contributed by atoms with Gasteiger partial charge in [-0.2, -0.15) is 13.2 Å². The Labute approximate surface area is 161 Å². The second-order valence-electron chi connectivity index (χ2n) is 6.62. The first-order valence-corrected chi connectivity index (χ1v) is 8.98. The number of hydrogen-bond acceptors (Lipinski definition) is 3. The van der Waals surface area contributed by atoms with Gasteiger partial charge in [-0.3, -0.25) is 0 Å². The number of carbonyl (C=O) groups is 1. The van der Waals surface area contributed by atoms with E-state index in [2.05, 4.69) is 15.5 Å². The van der Waals surface area contributed by atoms with Gasteiger partial charge >= 0.3 is 12.2 Å². The zero-order valence-corrected chi connectivity index (χ0v) is 15.4. The maximum Gasteiger partial charge on any atom is 0.416 e. The number of urea groups is 1. The number of carbonyl (C=O) groups excluding carboxylic acids is 1. The molecule has 0 atom stereocenters. The van der Waals surface area contributed by atoms with Crippen LogP contribution in [0.4, 0.5) is 35.0 Å². The summed E-state index contributed by atoms with van der Waals surface area (Å²) in [6, 6.07) is 11.2. The molecule has 8 heteroatoms. The Morgan fingerprint density at radius 1 is 0.964 bits per heavy atom. The lowest BCUT2D eigenvalue weighted by Gasteiger charge is -2.33. The van der Waals surface area contributed by atoms with Crippen molar-refractivity contribution in [3.8, 4) is 0 Å². The Morgan fingerprint density at radius 3 is 1.93 bits per heavy atom. The first-order chi connectivity index (χ1) is 13.3. The molecule has 1 aliphatic heterocycles. The normalized spacial score (nSPS) is 15.4. The molecule has 1 fully saturated rings. The molecule has 150 valence electrons. The van der Waals surface area contributed by atoms with Gasteiger partial charge in [0.1, 0.15) is 0 Å². The van der Waals surface area contributed by atoms with E-state index in [-0.39, 0.29) is 5.69 Å². The van der Waals surface area contributed by atoms with Gasteiger partial charge in [0.2, 0.25) is 0 Å². The summed E-state index contributed by atoms with van der Waals surface area (Å²) in [5, 5.41) is 5.19. The van der Waals surface area contributed by atoms with Crippen LogP contribution in [0.1, 0.15) is 18.4 Å². The minimum Gasteiger partial charge on any atom is -0.381 e. The number of nitrogens with zero attached hydrogens (tertiary/aromatic N) is 1. The standard InChI is InChI=1S/C20H22F3N3O2/c1-28-18-10-12-26(13-11-18)17-8-6-16(7-9-17)25-19(27)24-15-4-2-14(3-5-15)20(21,22)23/h2-9,18H,10-13H2,1H3,(H2,24,25,27). The summed E-state index contributed by atoms with van der Waals surface area (Å²) < 4.78 is 43.1. The minimum absolute atomic E-state index is 0.281. The van der Waals surface area contributed by atoms with Crippen LogP contribution in [0.15, 0.2) is 48.5 Å². The number of halogens is 3. The quantitative estimate of drug-likeness (QED) is 0.772. The van der Waals surface area contributed by atoms with Gasteiger partial charge in [0, 0.05) is 37.3 Å². The molecule has 0 aromatic heterocycles. The van der Waals surface area contributed by atoms with Crippen molar-refractivity contribution in [2.45, 2.75) is 25.1 Å². The van der Waals surface area contributed by atoms with Crippen molar-refractivity contribution < 1.29 is 22.7 Å². The van der Waals surface area contributed by atoms with Crippen LogP contribution in [0.5, 0.6) is 0 Å². The number of piperidine rings is 1. The molecule has 0 spiro atoms. The van der Waals surface area contributed by atoms with Gasteiger partial charge in [0.15, 0.2) is 0 Å². The third-order valence-electron chi connectivity index (χ3n) is 4.74. The van der Waals surface area contributed by atoms with Crippen molar-refractivity contribution in [3.05, 3.63) is 54.1 Å². The highest BCUT2D eigenvalue weighted by molar-refractivity contribution is 5.99. The summed E-state index contributed by atoms with van der Waals surface area (Å²) in [7, 11) is 1.73. The number of nitrogens with one attached hydrogen (secondary N) is 2. The maximum atomic E-state index is 12.6. The summed E-state index contributed by atoms with van der Waals surface area (Å²) in [5.41, 5.74) is 1.19. The molecule has 1 aliphatic rings. The topological polar surface area (TPSA) is 53.6 Å². The van der Waals surface area contributed by atoms with Crippen LogP contribution in [-0.2, 0) is 10.9 Å². The number of ether oxygens (including phenoxy) is 1. The number of rotatable bonds is 4. The first-order valence-electron chi connectivity index (χ1n) is 8.98. The fourth-order valence-corrected chi connectivity index (χ4v) is 3.14. The van der Waals surface area contributed by atoms with Crippen LogP contribution in [-0.4, -0.2) is 32.3 Å². The third-order valence-corrected chi connectivity index (χ3v) is 4.74. The van der Waals surface area contributed by atoms with Gasteiger partial charge in [0.25, 0.3) is 0 Å². The van der Waals surface area contributed by atoms with Crippen LogP contribution in [0.3, 0.4) is 0 Å². The number of anilines is 3. The van der Waals surface area contributed by atoms with Crippen molar-refractivity contribution in [2.75, 3.05) is 35.7 Å². The van der Waals surface area contributed by atoms with E-state index in [1.54, 1.807) is 19.2 Å². The van der Waals surface area contributed by atoms with Gasteiger partial charge in [0.05, 0.1) is 11.7 Å². The average molecular weight is 393 g/mol. The molecule has 5 nitrogen and oxygen atoms in total. The van der Waals surface area contributed by atoms with Gasteiger partial charge in [-0.05, 0) is 61.4 Å². The molecule has 2 aromatic rings. The summed E-state index contributed by atoms with van der Waals surface area (Å²) in [6.45, 7) is 1.83. The molecule has 0 saturated carbocycles. The van der Waals surface area contributed by atoms with Gasteiger partial charge < -0.3 is 20.3 Å². The van der Waals surface area contributed by atoms with Gasteiger partial charge in [-0.25, -0.2) is 4.79 Å². The Kier molecular flexibility index (Phi) is 6.08. The van der Waals surface area contributed by atoms with E-state index < -0.39 is 17.8 Å². The Hall–Kier alpha value is -2.74. The van der Waals surface area contributed by atoms with Crippen LogP contribution in [0, 0.1) is 0 Å². The van der Waals surface area contributed by atoms with Crippen LogP contribution < -0.4 is 15.5 Å². The highest BCUT2D eigenvalue weighted by atomic mass is 19.4. The lowest BCUT2D eigenvalue weighted by molar-refractivity contribution is -0.137. The molecule has 0 aliphatic carbocycles. The maximum absolute atomic E-state index is 12.6. The lowest BCUT2D eigenvalue weighted by Crippen LogP contribution is -2.36. The summed E-state index contributed by atoms with van der Waals surface area (Å²) in [5.74, 6) is 0. The second kappa shape index (κ2) is 8.52. The van der Waals surface area contributed by atoms with Gasteiger partial charge in [-0.15, -0.1) is 0 Å². The number of benzene rings is 2. The van der Waals surface area contributed by atoms with Crippen molar-refractivity contribution in [2.24, 2.45) is 0 Å². The minimum atomic E-state index is -4.40. The van der Waals surface area contributed by atoms with Crippen LogP contribution in [0.25, 0.3) is 0 Å². The van der Waals surface area contributed by atoms with Crippen molar-refractivity contribution in [3.63, 3.8) is 0 Å². The molecule has 1 heterocycles. The largest absolute Gasteiger partial charge is 0.416 e. The zero-order chi connectivity index (χ0) is 20.1. The molecule has 0 unspecified atom stereocenters. The molecule has 1 saturated heterocycles. The van der Waals surface area contributed by atoms with E-state index in [0.29, 0.717) is 11.8 Å². The van der Waals surface area contributed by atoms with Gasteiger partial charge in [-0.1, -0.05) is 0 Å². The number of hydrogen-bond donors (Lipinski definition) is 2. The molecule has 28 heavy (non-hydrogen) atoms. The molecular weight excluding hydrogens is 371 g/mol. The number of alkyl halides is 3. The smallest absolute Gasteiger partial charge is 0.381 e. The summed E-state index contributed by atoms with van der Waals surface area (Å²) in [4.78, 5) is 14.3. The molecule has 2 amide bonds. The Balaban J connectivity index is 1.53. The second-order valence-corrected chi connectivity index (χ2v) is 6.62. The van der Waals surface area contributed by atoms with E-state index in [1.807, 2.05) is 12.1 Å². The van der Waals surface area contributed by atoms with E-state index in [1.165, 1.54) is 12.1 Å². The number of methoxy groups -OCH3 is 1. The third kappa shape index (κ3) is 5.16. The number of amides is 2. The predicted octanol–water partition coefficient (Wildman–Crippen LogP) is 4.96. The Bertz CT molecular complexity index is 784. The molecule has 0 radical (unpaired) electrons. The highest BCUT2D eigenvalue weighted by Gasteiger charge is 2.30. The average Bonchev–Trinajstić information content (AvgIpc) is 2.68. The molecule has 0 bridgehead atoms. The molecule has 2 N–H and O–H groups in total. The van der Waals surface area contributed by atoms with Crippen LogP contribution in [0.2, 0.25) is 0 Å². The lowest BCUT2D eigenvalue weighted by atomic mass is 10.1. The summed E-state index contributed by atoms with van der Waals surface area (Å²) >= 11 is 0. The fraction of sp³-hybridized carbons (Fsp3) is 0.350. The fourth-order valence-electron chi connectivity index (χ4n) is 3.14.